The van der Waals surface area contributed by atoms with Crippen molar-refractivity contribution in [3.05, 3.63) is 101 Å². The van der Waals surface area contributed by atoms with E-state index in [1.54, 1.807) is 12.1 Å². The highest BCUT2D eigenvalue weighted by molar-refractivity contribution is 6.56. The molecule has 206 valence electrons. The van der Waals surface area contributed by atoms with Gasteiger partial charge in [-0.1, -0.05) is 66.7 Å². The van der Waals surface area contributed by atoms with Crippen LogP contribution in [0.15, 0.2) is 78.3 Å². The van der Waals surface area contributed by atoms with Crippen molar-refractivity contribution in [2.24, 2.45) is 0 Å². The van der Waals surface area contributed by atoms with Crippen molar-refractivity contribution in [2.45, 2.75) is 44.8 Å². The number of alkyl carbamates (subject to hydrolysis) is 1. The van der Waals surface area contributed by atoms with E-state index in [9.17, 15) is 9.59 Å². The van der Waals surface area contributed by atoms with Crippen LogP contribution >= 0.6 is 0 Å². The van der Waals surface area contributed by atoms with Crippen LogP contribution in [-0.4, -0.2) is 50.6 Å². The number of carbonyl (C=O) groups is 2. The monoisotopic (exact) mass is 539 g/mol. The Kier molecular flexibility index (Phi) is 7.58. The van der Waals surface area contributed by atoms with Crippen LogP contribution in [0.2, 0.25) is 0 Å². The van der Waals surface area contributed by atoms with Gasteiger partial charge in [0.2, 0.25) is 0 Å². The normalized spacial score (nSPS) is 17.2. The second kappa shape index (κ2) is 10.9. The van der Waals surface area contributed by atoms with Crippen LogP contribution in [0, 0.1) is 0 Å². The molecule has 1 aliphatic carbocycles. The molecule has 0 spiro atoms. The first kappa shape index (κ1) is 27.7. The minimum Gasteiger partial charge on any atom is -0.465 e. The summed E-state index contributed by atoms with van der Waals surface area (Å²) in [5.74, 6) is -0.428. The second-order valence-electron chi connectivity index (χ2n) is 11.1. The number of esters is 1. The molecule has 5 rings (SSSR count). The SMILES string of the molecule is COC(=O)c1ccc(C=C(CNC(=O)OCC2c3ccccc3-c3ccccc32)B2OC(C)(C)C(C)(C)O2)cc1. The van der Waals surface area contributed by atoms with E-state index in [0.717, 1.165) is 22.2 Å². The molecular formula is C32H34BNO6. The van der Waals surface area contributed by atoms with Gasteiger partial charge in [-0.25, -0.2) is 9.59 Å². The molecular weight excluding hydrogens is 505 g/mol. The Morgan fingerprint density at radius 3 is 1.98 bits per heavy atom. The molecule has 0 atom stereocenters. The van der Waals surface area contributed by atoms with Crippen molar-refractivity contribution in [1.29, 1.82) is 0 Å². The number of carbonyl (C=O) groups excluding carboxylic acids is 2. The largest absolute Gasteiger partial charge is 0.492 e. The molecule has 1 N–H and O–H groups in total. The first-order chi connectivity index (χ1) is 19.1. The summed E-state index contributed by atoms with van der Waals surface area (Å²) in [5.41, 5.74) is 5.57. The topological polar surface area (TPSA) is 83.1 Å². The van der Waals surface area contributed by atoms with Crippen molar-refractivity contribution in [2.75, 3.05) is 20.3 Å². The maximum atomic E-state index is 12.9. The fourth-order valence-corrected chi connectivity index (χ4v) is 5.07. The van der Waals surface area contributed by atoms with Gasteiger partial charge in [0.05, 0.1) is 23.9 Å². The third kappa shape index (κ3) is 5.42. The summed E-state index contributed by atoms with van der Waals surface area (Å²) in [6.45, 7) is 8.31. The number of rotatable bonds is 7. The molecule has 8 heteroatoms. The highest BCUT2D eigenvalue weighted by Gasteiger charge is 2.52. The van der Waals surface area contributed by atoms with Crippen LogP contribution < -0.4 is 5.32 Å². The molecule has 0 radical (unpaired) electrons. The van der Waals surface area contributed by atoms with Crippen LogP contribution in [-0.2, 0) is 18.8 Å². The maximum Gasteiger partial charge on any atom is 0.492 e. The van der Waals surface area contributed by atoms with Gasteiger partial charge < -0.3 is 24.1 Å². The molecule has 3 aromatic rings. The molecule has 0 aromatic heterocycles. The Balaban J connectivity index is 1.30. The number of hydrogen-bond acceptors (Lipinski definition) is 6. The molecule has 40 heavy (non-hydrogen) atoms. The first-order valence-electron chi connectivity index (χ1n) is 13.4. The van der Waals surface area contributed by atoms with Crippen LogP contribution in [0.4, 0.5) is 4.79 Å². The Morgan fingerprint density at radius 2 is 1.43 bits per heavy atom. The van der Waals surface area contributed by atoms with Gasteiger partial charge in [0.1, 0.15) is 6.61 Å². The number of fused-ring (bicyclic) bond motifs is 3. The molecule has 1 heterocycles. The molecule has 3 aromatic carbocycles. The van der Waals surface area contributed by atoms with Gasteiger partial charge in [0.25, 0.3) is 0 Å². The fourth-order valence-electron chi connectivity index (χ4n) is 5.07. The lowest BCUT2D eigenvalue weighted by Crippen LogP contribution is -2.41. The quantitative estimate of drug-likeness (QED) is 0.292. The molecule has 1 saturated heterocycles. The Hall–Kier alpha value is -3.88. The minimum atomic E-state index is -0.667. The average molecular weight is 539 g/mol. The van der Waals surface area contributed by atoms with E-state index >= 15 is 0 Å². The van der Waals surface area contributed by atoms with E-state index in [1.807, 2.05) is 70.2 Å². The predicted octanol–water partition coefficient (Wildman–Crippen LogP) is 6.03. The summed E-state index contributed by atoms with van der Waals surface area (Å²) in [6, 6.07) is 23.5. The van der Waals surface area contributed by atoms with E-state index < -0.39 is 30.4 Å². The van der Waals surface area contributed by atoms with Gasteiger partial charge in [-0.15, -0.1) is 0 Å². The Morgan fingerprint density at radius 1 is 0.875 bits per heavy atom. The van der Waals surface area contributed by atoms with Crippen LogP contribution in [0.1, 0.15) is 60.7 Å². The van der Waals surface area contributed by atoms with E-state index in [2.05, 4.69) is 29.6 Å². The zero-order chi connectivity index (χ0) is 28.5. The van der Waals surface area contributed by atoms with Crippen molar-refractivity contribution in [3.8, 4) is 11.1 Å². The van der Waals surface area contributed by atoms with Crippen LogP contribution in [0.3, 0.4) is 0 Å². The van der Waals surface area contributed by atoms with Gasteiger partial charge in [0, 0.05) is 12.5 Å². The maximum absolute atomic E-state index is 12.9. The molecule has 1 aliphatic heterocycles. The van der Waals surface area contributed by atoms with Crippen molar-refractivity contribution < 1.29 is 28.4 Å². The molecule has 0 bridgehead atoms. The Bertz CT molecular complexity index is 1380. The lowest BCUT2D eigenvalue weighted by molar-refractivity contribution is 0.00578. The first-order valence-corrected chi connectivity index (χ1v) is 13.4. The number of amides is 1. The smallest absolute Gasteiger partial charge is 0.465 e. The van der Waals surface area contributed by atoms with Gasteiger partial charge >= 0.3 is 19.2 Å². The van der Waals surface area contributed by atoms with Gasteiger partial charge in [-0.3, -0.25) is 0 Å². The minimum absolute atomic E-state index is 0.0235. The molecule has 0 unspecified atom stereocenters. The van der Waals surface area contributed by atoms with Gasteiger partial charge in [0.15, 0.2) is 0 Å². The number of nitrogens with one attached hydrogen (secondary N) is 1. The summed E-state index contributed by atoms with van der Waals surface area (Å²) < 4.78 is 23.1. The summed E-state index contributed by atoms with van der Waals surface area (Å²) >= 11 is 0. The second-order valence-corrected chi connectivity index (χ2v) is 11.1. The summed E-state index contributed by atoms with van der Waals surface area (Å²) in [6.07, 6.45) is 1.37. The highest BCUT2D eigenvalue weighted by Crippen LogP contribution is 2.44. The highest BCUT2D eigenvalue weighted by atomic mass is 16.7. The summed E-state index contributed by atoms with van der Waals surface area (Å²) in [7, 11) is 0.681. The molecule has 1 fully saturated rings. The number of ether oxygens (including phenoxy) is 2. The van der Waals surface area contributed by atoms with E-state index in [-0.39, 0.29) is 19.1 Å². The predicted molar refractivity (Wildman–Crippen MR) is 155 cm³/mol. The molecule has 1 amide bonds. The third-order valence-corrected chi connectivity index (χ3v) is 8.02. The van der Waals surface area contributed by atoms with Crippen molar-refractivity contribution in [3.63, 3.8) is 0 Å². The molecule has 2 aliphatic rings. The number of methoxy groups -OCH3 is 1. The molecule has 0 saturated carbocycles. The van der Waals surface area contributed by atoms with Gasteiger partial charge in [-0.05, 0) is 73.1 Å². The lowest BCUT2D eigenvalue weighted by atomic mass is 9.77. The average Bonchev–Trinajstić information content (AvgIpc) is 3.38. The van der Waals surface area contributed by atoms with Crippen molar-refractivity contribution in [1.82, 2.24) is 5.32 Å². The van der Waals surface area contributed by atoms with E-state index in [1.165, 1.54) is 18.2 Å². The standard InChI is InChI=1S/C32H34BNO6/c1-31(2)32(3,4)40-33(39-31)23(18-21-14-16-22(17-15-21)29(35)37-5)19-34-30(36)38-20-28-26-12-8-6-10-24(26)25-11-7-9-13-27(25)28/h6-18,28H,19-20H2,1-5H3,(H,34,36). The van der Waals surface area contributed by atoms with E-state index in [0.29, 0.717) is 5.56 Å². The Labute approximate surface area is 235 Å². The fraction of sp³-hybridized carbons (Fsp3) is 0.312. The number of hydrogen-bond donors (Lipinski definition) is 1. The van der Waals surface area contributed by atoms with Gasteiger partial charge in [-0.2, -0.15) is 0 Å². The molecule has 7 nitrogen and oxygen atoms in total. The zero-order valence-corrected chi connectivity index (χ0v) is 23.5. The zero-order valence-electron chi connectivity index (χ0n) is 23.5. The lowest BCUT2D eigenvalue weighted by Gasteiger charge is -2.32. The summed E-state index contributed by atoms with van der Waals surface area (Å²) in [4.78, 5) is 24.7. The third-order valence-electron chi connectivity index (χ3n) is 8.02. The summed E-state index contributed by atoms with van der Waals surface area (Å²) in [5, 5.41) is 2.88. The van der Waals surface area contributed by atoms with Crippen LogP contribution in [0.25, 0.3) is 17.2 Å². The van der Waals surface area contributed by atoms with Crippen LogP contribution in [0.5, 0.6) is 0 Å². The van der Waals surface area contributed by atoms with Crippen molar-refractivity contribution >= 4 is 25.3 Å². The number of benzene rings is 3. The van der Waals surface area contributed by atoms with E-state index in [4.69, 9.17) is 18.8 Å².